The minimum absolute atomic E-state index is 0.213. The predicted molar refractivity (Wildman–Crippen MR) is 112 cm³/mol. The second kappa shape index (κ2) is 8.37. The molecule has 5 rings (SSSR count). The van der Waals surface area contributed by atoms with Gasteiger partial charge in [-0.1, -0.05) is 41.9 Å². The second-order valence-electron chi connectivity index (χ2n) is 6.98. The molecule has 0 fully saturated rings. The normalized spacial score (nSPS) is 13.4. The number of hydrogen-bond acceptors (Lipinski definition) is 6. The molecule has 8 heteroatoms. The lowest BCUT2D eigenvalue weighted by atomic mass is 10.1. The molecule has 31 heavy (non-hydrogen) atoms. The molecule has 1 aromatic heterocycles. The summed E-state index contributed by atoms with van der Waals surface area (Å²) in [6, 6.07) is 18.9. The van der Waals surface area contributed by atoms with Gasteiger partial charge in [-0.25, -0.2) is 4.39 Å². The van der Waals surface area contributed by atoms with E-state index in [0.717, 1.165) is 11.1 Å². The summed E-state index contributed by atoms with van der Waals surface area (Å²) in [6.07, 6.45) is 0. The van der Waals surface area contributed by atoms with Gasteiger partial charge in [-0.2, -0.15) is 0 Å². The molecule has 4 aromatic rings. The van der Waals surface area contributed by atoms with Crippen molar-refractivity contribution in [1.29, 1.82) is 0 Å². The average Bonchev–Trinajstić information content (AvgIpc) is 3.45. The monoisotopic (exact) mass is 437 g/mol. The Balaban J connectivity index is 1.45. The first-order valence-electron chi connectivity index (χ1n) is 9.63. The Hall–Kier alpha value is -3.42. The van der Waals surface area contributed by atoms with Gasteiger partial charge in [0.25, 0.3) is 0 Å². The summed E-state index contributed by atoms with van der Waals surface area (Å²) in [5.74, 6) is 1.71. The van der Waals surface area contributed by atoms with Gasteiger partial charge >= 0.3 is 0 Å². The van der Waals surface area contributed by atoms with Crippen molar-refractivity contribution in [3.8, 4) is 23.0 Å². The van der Waals surface area contributed by atoms with Crippen molar-refractivity contribution in [1.82, 2.24) is 15.5 Å². The van der Waals surface area contributed by atoms with Crippen molar-refractivity contribution in [2.45, 2.75) is 12.6 Å². The zero-order chi connectivity index (χ0) is 21.2. The maximum absolute atomic E-state index is 13.6. The molecule has 1 aliphatic rings. The zero-order valence-electron chi connectivity index (χ0n) is 16.2. The highest BCUT2D eigenvalue weighted by molar-refractivity contribution is 6.31. The van der Waals surface area contributed by atoms with Crippen LogP contribution in [-0.4, -0.2) is 17.0 Å². The molecule has 0 saturated carbocycles. The van der Waals surface area contributed by atoms with Crippen LogP contribution in [0, 0.1) is 5.82 Å². The average molecular weight is 438 g/mol. The molecule has 0 aliphatic carbocycles. The Labute approximate surface area is 182 Å². The molecule has 6 nitrogen and oxygen atoms in total. The number of hydrogen-bond donors (Lipinski definition) is 1. The fourth-order valence-corrected chi connectivity index (χ4v) is 3.66. The summed E-state index contributed by atoms with van der Waals surface area (Å²) in [6.45, 7) is 0.669. The van der Waals surface area contributed by atoms with Crippen LogP contribution >= 0.6 is 11.6 Å². The molecular formula is C23H17ClFN3O3. The van der Waals surface area contributed by atoms with Crippen LogP contribution in [0.25, 0.3) is 11.5 Å². The minimum atomic E-state index is -0.538. The Morgan fingerprint density at radius 1 is 0.968 bits per heavy atom. The maximum Gasteiger partial charge on any atom is 0.247 e. The summed E-state index contributed by atoms with van der Waals surface area (Å²) in [4.78, 5) is 0. The van der Waals surface area contributed by atoms with E-state index in [2.05, 4.69) is 15.5 Å². The van der Waals surface area contributed by atoms with Crippen LogP contribution in [-0.2, 0) is 6.54 Å². The number of ether oxygens (including phenoxy) is 2. The molecule has 0 saturated heterocycles. The number of benzene rings is 3. The molecule has 0 radical (unpaired) electrons. The van der Waals surface area contributed by atoms with Crippen LogP contribution in [0.3, 0.4) is 0 Å². The van der Waals surface area contributed by atoms with Crippen LogP contribution in [0.4, 0.5) is 4.39 Å². The summed E-state index contributed by atoms with van der Waals surface area (Å²) in [7, 11) is 0. The van der Waals surface area contributed by atoms with Crippen LogP contribution < -0.4 is 14.8 Å². The molecule has 0 bridgehead atoms. The highest BCUT2D eigenvalue weighted by atomic mass is 35.5. The number of halogens is 2. The van der Waals surface area contributed by atoms with Gasteiger partial charge in [0.15, 0.2) is 11.5 Å². The molecule has 2 heterocycles. The van der Waals surface area contributed by atoms with Gasteiger partial charge in [0.1, 0.15) is 11.9 Å². The molecule has 3 aromatic carbocycles. The van der Waals surface area contributed by atoms with Gasteiger partial charge in [0, 0.05) is 17.1 Å². The maximum atomic E-state index is 13.6. The lowest BCUT2D eigenvalue weighted by molar-refractivity contribution is 0.174. The molecule has 1 aliphatic heterocycles. The van der Waals surface area contributed by atoms with Crippen molar-refractivity contribution < 1.29 is 18.3 Å². The van der Waals surface area contributed by atoms with E-state index in [1.54, 1.807) is 6.07 Å². The number of aromatic nitrogens is 2. The molecule has 0 amide bonds. The van der Waals surface area contributed by atoms with Gasteiger partial charge in [-0.3, -0.25) is 5.32 Å². The van der Waals surface area contributed by atoms with Crippen molar-refractivity contribution in [2.75, 3.05) is 6.79 Å². The Bertz CT molecular complexity index is 1220. The van der Waals surface area contributed by atoms with E-state index in [0.29, 0.717) is 35.4 Å². The Morgan fingerprint density at radius 3 is 2.65 bits per heavy atom. The van der Waals surface area contributed by atoms with E-state index in [9.17, 15) is 4.39 Å². The number of rotatable bonds is 6. The SMILES string of the molecule is Fc1ccc([C@@H](NCc2ccc3c(c2)OCO3)c2nnc(-c3ccccc3)o2)c(Cl)c1. The third-order valence-corrected chi connectivity index (χ3v) is 5.26. The molecule has 156 valence electrons. The lowest BCUT2D eigenvalue weighted by Gasteiger charge is -2.17. The fraction of sp³-hybridized carbons (Fsp3) is 0.130. The van der Waals surface area contributed by atoms with E-state index in [1.165, 1.54) is 12.1 Å². The van der Waals surface area contributed by atoms with Crippen LogP contribution in [0.1, 0.15) is 23.1 Å². The van der Waals surface area contributed by atoms with Gasteiger partial charge in [-0.15, -0.1) is 10.2 Å². The molecule has 0 spiro atoms. The van der Waals surface area contributed by atoms with E-state index in [4.69, 9.17) is 25.5 Å². The first-order chi connectivity index (χ1) is 15.2. The lowest BCUT2D eigenvalue weighted by Crippen LogP contribution is -2.23. The smallest absolute Gasteiger partial charge is 0.247 e. The second-order valence-corrected chi connectivity index (χ2v) is 7.39. The van der Waals surface area contributed by atoms with Crippen molar-refractivity contribution in [3.63, 3.8) is 0 Å². The predicted octanol–water partition coefficient (Wildman–Crippen LogP) is 5.14. The van der Waals surface area contributed by atoms with Gasteiger partial charge in [-0.05, 0) is 47.5 Å². The van der Waals surface area contributed by atoms with E-state index in [1.807, 2.05) is 48.5 Å². The number of nitrogens with zero attached hydrogens (tertiary/aromatic N) is 2. The number of fused-ring (bicyclic) bond motifs is 1. The highest BCUT2D eigenvalue weighted by Crippen LogP contribution is 2.34. The first kappa shape index (κ1) is 19.5. The van der Waals surface area contributed by atoms with E-state index >= 15 is 0 Å². The van der Waals surface area contributed by atoms with Gasteiger partial charge in [0.05, 0.1) is 0 Å². The molecule has 1 atom stereocenters. The molecular weight excluding hydrogens is 421 g/mol. The standard InChI is InChI=1S/C23H17ClFN3O3/c24-18-11-16(25)7-8-17(18)21(23-28-27-22(31-23)15-4-2-1-3-5-15)26-12-14-6-9-19-20(10-14)30-13-29-19/h1-11,21,26H,12-13H2/t21-/m1/s1. The largest absolute Gasteiger partial charge is 0.454 e. The Morgan fingerprint density at radius 2 is 1.81 bits per heavy atom. The van der Waals surface area contributed by atoms with Crippen molar-refractivity contribution >= 4 is 11.6 Å². The third kappa shape index (κ3) is 4.10. The topological polar surface area (TPSA) is 69.4 Å². The summed E-state index contributed by atoms with van der Waals surface area (Å²) in [5, 5.41) is 12.1. The first-order valence-corrected chi connectivity index (χ1v) is 10.0. The van der Waals surface area contributed by atoms with Crippen LogP contribution in [0.5, 0.6) is 11.5 Å². The van der Waals surface area contributed by atoms with Gasteiger partial charge in [0.2, 0.25) is 18.6 Å². The van der Waals surface area contributed by atoms with Crippen LogP contribution in [0.15, 0.2) is 71.1 Å². The third-order valence-electron chi connectivity index (χ3n) is 4.93. The quantitative estimate of drug-likeness (QED) is 0.450. The highest BCUT2D eigenvalue weighted by Gasteiger charge is 2.24. The Kier molecular flexibility index (Phi) is 5.28. The van der Waals surface area contributed by atoms with Crippen molar-refractivity contribution in [2.24, 2.45) is 0 Å². The van der Waals surface area contributed by atoms with Gasteiger partial charge < -0.3 is 13.9 Å². The summed E-state index contributed by atoms with van der Waals surface area (Å²) < 4.78 is 30.4. The summed E-state index contributed by atoms with van der Waals surface area (Å²) in [5.41, 5.74) is 2.41. The summed E-state index contributed by atoms with van der Waals surface area (Å²) >= 11 is 6.35. The molecule has 1 N–H and O–H groups in total. The minimum Gasteiger partial charge on any atom is -0.454 e. The fourth-order valence-electron chi connectivity index (χ4n) is 3.39. The zero-order valence-corrected chi connectivity index (χ0v) is 17.0. The van der Waals surface area contributed by atoms with E-state index < -0.39 is 11.9 Å². The van der Waals surface area contributed by atoms with Crippen molar-refractivity contribution in [3.05, 3.63) is 94.6 Å². The molecule has 0 unspecified atom stereocenters. The number of nitrogens with one attached hydrogen (secondary N) is 1. The van der Waals surface area contributed by atoms with Crippen LogP contribution in [0.2, 0.25) is 5.02 Å². The van der Waals surface area contributed by atoms with E-state index in [-0.39, 0.29) is 11.8 Å².